The van der Waals surface area contributed by atoms with Crippen molar-refractivity contribution in [3.63, 3.8) is 0 Å². The van der Waals surface area contributed by atoms with Gasteiger partial charge in [0.1, 0.15) is 11.3 Å². The number of anilines is 1. The van der Waals surface area contributed by atoms with E-state index in [1.54, 1.807) is 24.3 Å². The number of benzene rings is 2. The van der Waals surface area contributed by atoms with Crippen molar-refractivity contribution in [3.05, 3.63) is 82.6 Å². The highest BCUT2D eigenvalue weighted by Gasteiger charge is 2.37. The maximum atomic E-state index is 13.0. The SMILES string of the molecule is Cc1ccc(Sc2ccc(/C=C3/C(=O)NC(=O)N(c4cc(C)cc(C)c4)C3=O)o2)cc1. The molecule has 1 saturated heterocycles. The fraction of sp³-hybridized carbons (Fsp3) is 0.125. The molecular formula is C24H20N2O4S. The Hall–Kier alpha value is -3.58. The Morgan fingerprint density at radius 1 is 0.871 bits per heavy atom. The van der Waals surface area contributed by atoms with Crippen LogP contribution in [0.5, 0.6) is 0 Å². The van der Waals surface area contributed by atoms with E-state index in [1.165, 1.54) is 23.4 Å². The summed E-state index contributed by atoms with van der Waals surface area (Å²) in [6, 6.07) is 16.1. The van der Waals surface area contributed by atoms with Crippen LogP contribution in [0.2, 0.25) is 0 Å². The maximum Gasteiger partial charge on any atom is 0.335 e. The van der Waals surface area contributed by atoms with E-state index in [9.17, 15) is 14.4 Å². The molecule has 156 valence electrons. The van der Waals surface area contributed by atoms with Crippen molar-refractivity contribution in [2.24, 2.45) is 0 Å². The molecule has 0 unspecified atom stereocenters. The predicted molar refractivity (Wildman–Crippen MR) is 119 cm³/mol. The van der Waals surface area contributed by atoms with Crippen molar-refractivity contribution in [2.75, 3.05) is 4.90 Å². The molecule has 6 nitrogen and oxygen atoms in total. The molecule has 1 aromatic heterocycles. The summed E-state index contributed by atoms with van der Waals surface area (Å²) >= 11 is 1.44. The summed E-state index contributed by atoms with van der Waals surface area (Å²) in [5, 5.41) is 2.86. The second-order valence-electron chi connectivity index (χ2n) is 7.38. The first-order valence-electron chi connectivity index (χ1n) is 9.64. The lowest BCUT2D eigenvalue weighted by Crippen LogP contribution is -2.54. The van der Waals surface area contributed by atoms with E-state index in [2.05, 4.69) is 5.32 Å². The van der Waals surface area contributed by atoms with Gasteiger partial charge in [-0.1, -0.05) is 35.5 Å². The standard InChI is InChI=1S/C24H20N2O4S/c1-14-4-7-19(8-5-14)31-21-9-6-18(30-21)13-20-22(27)25-24(29)26(23(20)28)17-11-15(2)10-16(3)12-17/h4-13H,1-3H3,(H,25,27,29)/b20-13-. The molecule has 2 aromatic carbocycles. The summed E-state index contributed by atoms with van der Waals surface area (Å²) in [7, 11) is 0. The van der Waals surface area contributed by atoms with Crippen molar-refractivity contribution < 1.29 is 18.8 Å². The van der Waals surface area contributed by atoms with Gasteiger partial charge in [-0.3, -0.25) is 14.9 Å². The minimum atomic E-state index is -0.771. The number of nitrogens with one attached hydrogen (secondary N) is 1. The molecule has 1 aliphatic heterocycles. The largest absolute Gasteiger partial charge is 0.450 e. The van der Waals surface area contributed by atoms with E-state index in [1.807, 2.05) is 51.1 Å². The average Bonchev–Trinajstić information content (AvgIpc) is 3.13. The number of furan rings is 1. The number of urea groups is 1. The molecule has 4 rings (SSSR count). The lowest BCUT2D eigenvalue weighted by molar-refractivity contribution is -0.122. The highest BCUT2D eigenvalue weighted by molar-refractivity contribution is 7.99. The van der Waals surface area contributed by atoms with Gasteiger partial charge in [-0.2, -0.15) is 0 Å². The number of barbiturate groups is 1. The van der Waals surface area contributed by atoms with E-state index in [0.29, 0.717) is 16.5 Å². The van der Waals surface area contributed by atoms with Crippen LogP contribution in [-0.4, -0.2) is 17.8 Å². The molecule has 1 fully saturated rings. The molecule has 1 aliphatic rings. The van der Waals surface area contributed by atoms with Gasteiger partial charge in [-0.25, -0.2) is 9.69 Å². The molecule has 0 radical (unpaired) electrons. The third-order valence-corrected chi connectivity index (χ3v) is 5.62. The number of carbonyl (C=O) groups excluding carboxylic acids is 3. The number of imide groups is 2. The minimum absolute atomic E-state index is 0.167. The van der Waals surface area contributed by atoms with Crippen LogP contribution in [0.3, 0.4) is 0 Å². The zero-order valence-electron chi connectivity index (χ0n) is 17.3. The Kier molecular flexibility index (Phi) is 5.52. The van der Waals surface area contributed by atoms with Gasteiger partial charge in [0.2, 0.25) is 0 Å². The minimum Gasteiger partial charge on any atom is -0.450 e. The molecule has 1 N–H and O–H groups in total. The Bertz CT molecular complexity index is 1200. The van der Waals surface area contributed by atoms with Gasteiger partial charge < -0.3 is 4.42 Å². The summed E-state index contributed by atoms with van der Waals surface area (Å²) in [6.45, 7) is 5.77. The molecule has 7 heteroatoms. The van der Waals surface area contributed by atoms with Gasteiger partial charge in [0, 0.05) is 4.90 Å². The molecule has 0 saturated carbocycles. The smallest absolute Gasteiger partial charge is 0.335 e. The Morgan fingerprint density at radius 2 is 1.55 bits per heavy atom. The van der Waals surface area contributed by atoms with Crippen LogP contribution < -0.4 is 10.2 Å². The first-order chi connectivity index (χ1) is 14.8. The van der Waals surface area contributed by atoms with Crippen molar-refractivity contribution in [1.82, 2.24) is 5.32 Å². The van der Waals surface area contributed by atoms with Gasteiger partial charge in [-0.05, 0) is 74.4 Å². The molecule has 3 aromatic rings. The van der Waals surface area contributed by atoms with Crippen LogP contribution >= 0.6 is 11.8 Å². The topological polar surface area (TPSA) is 79.6 Å². The van der Waals surface area contributed by atoms with Gasteiger partial charge in [0.15, 0.2) is 5.09 Å². The summed E-state index contributed by atoms with van der Waals surface area (Å²) in [4.78, 5) is 39.8. The number of hydrogen-bond acceptors (Lipinski definition) is 5. The van der Waals surface area contributed by atoms with Gasteiger partial charge in [0.25, 0.3) is 11.8 Å². The van der Waals surface area contributed by atoms with Gasteiger partial charge in [0.05, 0.1) is 5.69 Å². The molecule has 4 amide bonds. The van der Waals surface area contributed by atoms with Crippen molar-refractivity contribution >= 4 is 41.4 Å². The Labute approximate surface area is 183 Å². The Morgan fingerprint density at radius 3 is 2.23 bits per heavy atom. The van der Waals surface area contributed by atoms with Crippen LogP contribution in [0, 0.1) is 20.8 Å². The van der Waals surface area contributed by atoms with Crippen LogP contribution in [0.1, 0.15) is 22.5 Å². The van der Waals surface area contributed by atoms with Crippen molar-refractivity contribution in [2.45, 2.75) is 30.8 Å². The van der Waals surface area contributed by atoms with E-state index in [4.69, 9.17) is 4.42 Å². The van der Waals surface area contributed by atoms with Crippen LogP contribution in [0.15, 0.2) is 74.6 Å². The molecule has 31 heavy (non-hydrogen) atoms. The number of hydrogen-bond donors (Lipinski definition) is 1. The second kappa shape index (κ2) is 8.28. The van der Waals surface area contributed by atoms with Gasteiger partial charge >= 0.3 is 6.03 Å². The average molecular weight is 433 g/mol. The number of carbonyl (C=O) groups is 3. The van der Waals surface area contributed by atoms with E-state index in [0.717, 1.165) is 20.9 Å². The molecule has 0 spiro atoms. The van der Waals surface area contributed by atoms with E-state index < -0.39 is 17.8 Å². The zero-order chi connectivity index (χ0) is 22.1. The lowest BCUT2D eigenvalue weighted by Gasteiger charge is -2.26. The van der Waals surface area contributed by atoms with Crippen molar-refractivity contribution in [3.8, 4) is 0 Å². The maximum absolute atomic E-state index is 13.0. The number of amides is 4. The van der Waals surface area contributed by atoms with E-state index >= 15 is 0 Å². The fourth-order valence-electron chi connectivity index (χ4n) is 3.30. The summed E-state index contributed by atoms with van der Waals surface area (Å²) in [5.41, 5.74) is 3.22. The Balaban J connectivity index is 1.61. The third-order valence-electron chi connectivity index (χ3n) is 4.69. The molecular weight excluding hydrogens is 412 g/mol. The van der Waals surface area contributed by atoms with Crippen LogP contribution in [0.25, 0.3) is 6.08 Å². The molecule has 0 bridgehead atoms. The fourth-order valence-corrected chi connectivity index (χ4v) is 4.08. The summed E-state index contributed by atoms with van der Waals surface area (Å²) in [5.74, 6) is -1.09. The quantitative estimate of drug-likeness (QED) is 0.462. The number of aryl methyl sites for hydroxylation is 3. The lowest BCUT2D eigenvalue weighted by atomic mass is 10.1. The number of rotatable bonds is 4. The predicted octanol–water partition coefficient (Wildman–Crippen LogP) is 5.02. The molecule has 0 atom stereocenters. The summed E-state index contributed by atoms with van der Waals surface area (Å²) < 4.78 is 5.77. The number of nitrogens with zero attached hydrogens (tertiary/aromatic N) is 1. The normalized spacial score (nSPS) is 15.5. The second-order valence-corrected chi connectivity index (χ2v) is 8.45. The highest BCUT2D eigenvalue weighted by Crippen LogP contribution is 2.31. The monoisotopic (exact) mass is 432 g/mol. The highest BCUT2D eigenvalue weighted by atomic mass is 32.2. The van der Waals surface area contributed by atoms with Crippen LogP contribution in [-0.2, 0) is 9.59 Å². The molecule has 2 heterocycles. The first-order valence-corrected chi connectivity index (χ1v) is 10.5. The van der Waals surface area contributed by atoms with Crippen molar-refractivity contribution in [1.29, 1.82) is 0 Å². The molecule has 0 aliphatic carbocycles. The van der Waals surface area contributed by atoms with E-state index in [-0.39, 0.29) is 5.57 Å². The first kappa shape index (κ1) is 20.7. The zero-order valence-corrected chi connectivity index (χ0v) is 18.1. The third kappa shape index (κ3) is 4.46. The van der Waals surface area contributed by atoms with Crippen LogP contribution in [0.4, 0.5) is 10.5 Å². The van der Waals surface area contributed by atoms with Gasteiger partial charge in [-0.15, -0.1) is 0 Å². The summed E-state index contributed by atoms with van der Waals surface area (Å²) in [6.07, 6.45) is 1.36.